The zero-order valence-corrected chi connectivity index (χ0v) is 13.3. The van der Waals surface area contributed by atoms with Gasteiger partial charge in [-0.1, -0.05) is 0 Å². The van der Waals surface area contributed by atoms with Crippen molar-refractivity contribution in [3.63, 3.8) is 0 Å². The van der Waals surface area contributed by atoms with Crippen molar-refractivity contribution < 1.29 is 4.79 Å². The summed E-state index contributed by atoms with van der Waals surface area (Å²) >= 11 is 0. The van der Waals surface area contributed by atoms with Crippen LogP contribution in [0.3, 0.4) is 0 Å². The number of carbonyl (C=O) groups is 1. The molecule has 0 aliphatic carbocycles. The van der Waals surface area contributed by atoms with E-state index >= 15 is 0 Å². The second kappa shape index (κ2) is 7.41. The van der Waals surface area contributed by atoms with E-state index in [0.29, 0.717) is 5.69 Å². The molecule has 0 atom stereocenters. The van der Waals surface area contributed by atoms with Crippen LogP contribution >= 0.6 is 0 Å². The lowest BCUT2D eigenvalue weighted by molar-refractivity contribution is 0.0822. The molecule has 0 aromatic carbocycles. The van der Waals surface area contributed by atoms with Crippen LogP contribution in [0.2, 0.25) is 0 Å². The molecular formula is C16H26N4O. The molecule has 0 bridgehead atoms. The number of nitrogens with zero attached hydrogens (tertiary/aromatic N) is 3. The fraction of sp³-hybridized carbons (Fsp3) is 0.625. The Morgan fingerprint density at radius 2 is 2.10 bits per heavy atom. The largest absolute Gasteiger partial charge is 0.371 e. The maximum absolute atomic E-state index is 12.0. The van der Waals surface area contributed by atoms with Crippen molar-refractivity contribution in [2.45, 2.75) is 19.8 Å². The molecule has 1 amide bonds. The molecule has 116 valence electrons. The van der Waals surface area contributed by atoms with Gasteiger partial charge in [0, 0.05) is 39.1 Å². The standard InChI is InChI=1S/C16H26N4O/c1-4-20(12-13-5-8-17-9-6-13)14-7-10-18-15(11-14)16(21)19(2)3/h7,10-11,13,17H,4-6,8-9,12H2,1-3H3. The highest BCUT2D eigenvalue weighted by molar-refractivity contribution is 5.92. The van der Waals surface area contributed by atoms with Crippen molar-refractivity contribution in [2.24, 2.45) is 5.92 Å². The van der Waals surface area contributed by atoms with Gasteiger partial charge in [-0.05, 0) is 50.9 Å². The zero-order valence-electron chi connectivity index (χ0n) is 13.3. The number of hydrogen-bond acceptors (Lipinski definition) is 4. The van der Waals surface area contributed by atoms with E-state index in [1.165, 1.54) is 12.8 Å². The van der Waals surface area contributed by atoms with Crippen LogP contribution in [0.4, 0.5) is 5.69 Å². The smallest absolute Gasteiger partial charge is 0.272 e. The monoisotopic (exact) mass is 290 g/mol. The summed E-state index contributed by atoms with van der Waals surface area (Å²) in [6.45, 7) is 6.39. The quantitative estimate of drug-likeness (QED) is 0.895. The van der Waals surface area contributed by atoms with Crippen molar-refractivity contribution >= 4 is 11.6 Å². The van der Waals surface area contributed by atoms with Gasteiger partial charge >= 0.3 is 0 Å². The van der Waals surface area contributed by atoms with Gasteiger partial charge in [0.2, 0.25) is 0 Å². The van der Waals surface area contributed by atoms with Gasteiger partial charge in [0.1, 0.15) is 5.69 Å². The minimum absolute atomic E-state index is 0.0465. The summed E-state index contributed by atoms with van der Waals surface area (Å²) < 4.78 is 0. The molecule has 2 rings (SSSR count). The molecule has 0 saturated carbocycles. The van der Waals surface area contributed by atoms with Crippen molar-refractivity contribution in [1.82, 2.24) is 15.2 Å². The first-order valence-electron chi connectivity index (χ1n) is 7.75. The molecule has 1 aliphatic heterocycles. The van der Waals surface area contributed by atoms with Gasteiger partial charge in [0.15, 0.2) is 0 Å². The van der Waals surface area contributed by atoms with E-state index in [2.05, 4.69) is 22.1 Å². The highest BCUT2D eigenvalue weighted by Gasteiger charge is 2.18. The average Bonchev–Trinajstić information content (AvgIpc) is 2.53. The number of carbonyl (C=O) groups excluding carboxylic acids is 1. The Bertz CT molecular complexity index is 469. The van der Waals surface area contributed by atoms with Gasteiger partial charge in [-0.25, -0.2) is 0 Å². The number of rotatable bonds is 5. The molecule has 1 N–H and O–H groups in total. The van der Waals surface area contributed by atoms with E-state index in [4.69, 9.17) is 0 Å². The molecule has 21 heavy (non-hydrogen) atoms. The predicted molar refractivity (Wildman–Crippen MR) is 85.7 cm³/mol. The van der Waals surface area contributed by atoms with Crippen LogP contribution < -0.4 is 10.2 Å². The third kappa shape index (κ3) is 4.17. The van der Waals surface area contributed by atoms with Gasteiger partial charge in [0.05, 0.1) is 0 Å². The van der Waals surface area contributed by atoms with Gasteiger partial charge in [0.25, 0.3) is 5.91 Å². The lowest BCUT2D eigenvalue weighted by atomic mass is 9.97. The van der Waals surface area contributed by atoms with Crippen molar-refractivity contribution in [1.29, 1.82) is 0 Å². The Morgan fingerprint density at radius 1 is 1.38 bits per heavy atom. The van der Waals surface area contributed by atoms with Gasteiger partial charge in [-0.2, -0.15) is 0 Å². The number of piperidine rings is 1. The molecule has 0 unspecified atom stereocenters. The molecule has 0 radical (unpaired) electrons. The first-order valence-corrected chi connectivity index (χ1v) is 7.75. The highest BCUT2D eigenvalue weighted by Crippen LogP contribution is 2.20. The number of aromatic nitrogens is 1. The number of anilines is 1. The molecule has 1 aromatic rings. The molecule has 2 heterocycles. The molecular weight excluding hydrogens is 264 g/mol. The maximum Gasteiger partial charge on any atom is 0.272 e. The topological polar surface area (TPSA) is 48.5 Å². The summed E-state index contributed by atoms with van der Waals surface area (Å²) in [7, 11) is 3.51. The van der Waals surface area contributed by atoms with Gasteiger partial charge in [-0.15, -0.1) is 0 Å². The SMILES string of the molecule is CCN(CC1CCNCC1)c1ccnc(C(=O)N(C)C)c1. The van der Waals surface area contributed by atoms with E-state index < -0.39 is 0 Å². The lowest BCUT2D eigenvalue weighted by Gasteiger charge is -2.31. The Morgan fingerprint density at radius 3 is 2.71 bits per heavy atom. The minimum Gasteiger partial charge on any atom is -0.371 e. The van der Waals surface area contributed by atoms with Crippen molar-refractivity contribution in [3.05, 3.63) is 24.0 Å². The zero-order chi connectivity index (χ0) is 15.2. The Kier molecular flexibility index (Phi) is 5.56. The van der Waals surface area contributed by atoms with E-state index in [9.17, 15) is 4.79 Å². The van der Waals surface area contributed by atoms with Crippen LogP contribution in [0.1, 0.15) is 30.3 Å². The number of hydrogen-bond donors (Lipinski definition) is 1. The third-order valence-corrected chi connectivity index (χ3v) is 4.05. The van der Waals surface area contributed by atoms with Crippen LogP contribution in [0.15, 0.2) is 18.3 Å². The lowest BCUT2D eigenvalue weighted by Crippen LogP contribution is -2.36. The van der Waals surface area contributed by atoms with Crippen molar-refractivity contribution in [3.8, 4) is 0 Å². The normalized spacial score (nSPS) is 15.8. The predicted octanol–water partition coefficient (Wildman–Crippen LogP) is 1.61. The fourth-order valence-corrected chi connectivity index (χ4v) is 2.76. The number of pyridine rings is 1. The summed E-state index contributed by atoms with van der Waals surface area (Å²) in [5.41, 5.74) is 1.61. The molecule has 1 fully saturated rings. The second-order valence-corrected chi connectivity index (χ2v) is 5.83. The van der Waals surface area contributed by atoms with Crippen LogP contribution in [-0.2, 0) is 0 Å². The average molecular weight is 290 g/mol. The summed E-state index contributed by atoms with van der Waals surface area (Å²) in [6, 6.07) is 3.91. The molecule has 5 heteroatoms. The van der Waals surface area contributed by atoms with Crippen molar-refractivity contribution in [2.75, 3.05) is 45.2 Å². The van der Waals surface area contributed by atoms with E-state index in [1.807, 2.05) is 12.1 Å². The van der Waals surface area contributed by atoms with E-state index in [-0.39, 0.29) is 5.91 Å². The van der Waals surface area contributed by atoms with Gasteiger partial charge < -0.3 is 15.1 Å². The fourth-order valence-electron chi connectivity index (χ4n) is 2.76. The molecule has 0 spiro atoms. The van der Waals surface area contributed by atoms with E-state index in [0.717, 1.165) is 37.8 Å². The Hall–Kier alpha value is -1.62. The van der Waals surface area contributed by atoms with E-state index in [1.54, 1.807) is 25.2 Å². The molecule has 1 aliphatic rings. The minimum atomic E-state index is -0.0465. The first kappa shape index (κ1) is 15.8. The summed E-state index contributed by atoms with van der Waals surface area (Å²) in [6.07, 6.45) is 4.19. The molecule has 5 nitrogen and oxygen atoms in total. The molecule has 1 aromatic heterocycles. The summed E-state index contributed by atoms with van der Waals surface area (Å²) in [4.78, 5) is 20.1. The second-order valence-electron chi connectivity index (χ2n) is 5.83. The van der Waals surface area contributed by atoms with Crippen LogP contribution in [0.25, 0.3) is 0 Å². The Labute approximate surface area is 127 Å². The van der Waals surface area contributed by atoms with Gasteiger partial charge in [-0.3, -0.25) is 9.78 Å². The van der Waals surface area contributed by atoms with Crippen LogP contribution in [-0.4, -0.2) is 56.1 Å². The highest BCUT2D eigenvalue weighted by atomic mass is 16.2. The molecule has 1 saturated heterocycles. The summed E-state index contributed by atoms with van der Waals surface area (Å²) in [5.74, 6) is 0.683. The maximum atomic E-state index is 12.0. The first-order chi connectivity index (χ1) is 10.1. The van der Waals surface area contributed by atoms with Crippen LogP contribution in [0, 0.1) is 5.92 Å². The Balaban J connectivity index is 2.10. The number of nitrogens with one attached hydrogen (secondary N) is 1. The third-order valence-electron chi connectivity index (χ3n) is 4.05. The van der Waals surface area contributed by atoms with Crippen LogP contribution in [0.5, 0.6) is 0 Å². The summed E-state index contributed by atoms with van der Waals surface area (Å²) in [5, 5.41) is 3.40. The number of amides is 1.